The highest BCUT2D eigenvalue weighted by Gasteiger charge is 2.28. The van der Waals surface area contributed by atoms with Crippen molar-refractivity contribution < 1.29 is 14.3 Å². The van der Waals surface area contributed by atoms with Gasteiger partial charge in [-0.3, -0.25) is 0 Å². The minimum absolute atomic E-state index is 0.0696. The number of aromatic nitrogens is 2. The van der Waals surface area contributed by atoms with Crippen LogP contribution in [0.2, 0.25) is 0 Å². The fourth-order valence-corrected chi connectivity index (χ4v) is 3.73. The molecule has 2 unspecified atom stereocenters. The molecule has 0 amide bonds. The van der Waals surface area contributed by atoms with Crippen molar-refractivity contribution in [1.29, 1.82) is 0 Å². The van der Waals surface area contributed by atoms with Crippen molar-refractivity contribution in [2.75, 3.05) is 6.61 Å². The van der Waals surface area contributed by atoms with Gasteiger partial charge in [0.05, 0.1) is 22.4 Å². The van der Waals surface area contributed by atoms with Crippen LogP contribution in [-0.2, 0) is 9.47 Å². The maximum atomic E-state index is 12.3. The lowest BCUT2D eigenvalue weighted by Gasteiger charge is -2.14. The lowest BCUT2D eigenvalue weighted by molar-refractivity contribution is -0.00833. The Morgan fingerprint density at radius 2 is 2.08 bits per heavy atom. The summed E-state index contributed by atoms with van der Waals surface area (Å²) in [7, 11) is 0. The van der Waals surface area contributed by atoms with Crippen LogP contribution in [0.3, 0.4) is 0 Å². The first-order valence-corrected chi connectivity index (χ1v) is 8.75. The first-order chi connectivity index (χ1) is 11.8. The predicted octanol–water partition coefficient (Wildman–Crippen LogP) is 3.77. The maximum absolute atomic E-state index is 12.3. The highest BCUT2D eigenvalue weighted by atomic mass is 32.1. The summed E-state index contributed by atoms with van der Waals surface area (Å²) in [5, 5.41) is 1.89. The van der Waals surface area contributed by atoms with E-state index in [2.05, 4.69) is 22.1 Å². The first-order valence-electron chi connectivity index (χ1n) is 7.87. The minimum Gasteiger partial charge on any atom is -0.458 e. The summed E-state index contributed by atoms with van der Waals surface area (Å²) >= 11 is 1.44. The van der Waals surface area contributed by atoms with Crippen molar-refractivity contribution >= 4 is 27.5 Å². The van der Waals surface area contributed by atoms with Gasteiger partial charge in [0.1, 0.15) is 12.9 Å². The van der Waals surface area contributed by atoms with Gasteiger partial charge in [-0.25, -0.2) is 14.8 Å². The number of ether oxygens (including phenoxy) is 2. The molecule has 1 aliphatic rings. The molecule has 2 aromatic heterocycles. The van der Waals surface area contributed by atoms with E-state index in [1.807, 2.05) is 29.6 Å². The van der Waals surface area contributed by atoms with Crippen molar-refractivity contribution in [1.82, 2.24) is 9.97 Å². The molecule has 3 aromatic rings. The molecule has 3 heterocycles. The van der Waals surface area contributed by atoms with E-state index in [0.29, 0.717) is 5.69 Å². The second-order valence-electron chi connectivity index (χ2n) is 5.69. The van der Waals surface area contributed by atoms with Crippen molar-refractivity contribution in [3.8, 4) is 0 Å². The van der Waals surface area contributed by atoms with Gasteiger partial charge >= 0.3 is 5.97 Å². The van der Waals surface area contributed by atoms with Crippen LogP contribution in [0, 0.1) is 0 Å². The predicted molar refractivity (Wildman–Crippen MR) is 91.0 cm³/mol. The summed E-state index contributed by atoms with van der Waals surface area (Å²) < 4.78 is 12.2. The Labute approximate surface area is 143 Å². The van der Waals surface area contributed by atoms with Crippen LogP contribution in [0.1, 0.15) is 35.0 Å². The van der Waals surface area contributed by atoms with Crippen molar-refractivity contribution in [3.63, 3.8) is 0 Å². The molecular formula is C18H16N2O3S. The van der Waals surface area contributed by atoms with Crippen LogP contribution in [-0.4, -0.2) is 28.6 Å². The van der Waals surface area contributed by atoms with E-state index in [0.717, 1.165) is 23.1 Å². The van der Waals surface area contributed by atoms with E-state index in [4.69, 9.17) is 9.47 Å². The molecular weight excluding hydrogens is 324 g/mol. The SMILES string of the molecule is O=C(OCC1CCC(c2ccccc2)O1)c1ncnc2ccsc12. The molecule has 24 heavy (non-hydrogen) atoms. The molecule has 4 rings (SSSR count). The second kappa shape index (κ2) is 6.67. The molecule has 0 aliphatic carbocycles. The first kappa shape index (κ1) is 15.2. The Morgan fingerprint density at radius 1 is 1.21 bits per heavy atom. The molecule has 0 bridgehead atoms. The summed E-state index contributed by atoms with van der Waals surface area (Å²) in [5.74, 6) is -0.420. The van der Waals surface area contributed by atoms with Gasteiger partial charge in [0, 0.05) is 0 Å². The Balaban J connectivity index is 1.37. The zero-order valence-corrected chi connectivity index (χ0v) is 13.7. The molecule has 122 valence electrons. The van der Waals surface area contributed by atoms with Crippen LogP contribution in [0.5, 0.6) is 0 Å². The molecule has 1 aliphatic heterocycles. The molecule has 0 N–H and O–H groups in total. The highest BCUT2D eigenvalue weighted by molar-refractivity contribution is 7.17. The Hall–Kier alpha value is -2.31. The van der Waals surface area contributed by atoms with E-state index >= 15 is 0 Å². The lowest BCUT2D eigenvalue weighted by atomic mass is 10.1. The lowest BCUT2D eigenvalue weighted by Crippen LogP contribution is -2.19. The van der Waals surface area contributed by atoms with Gasteiger partial charge in [-0.1, -0.05) is 30.3 Å². The molecule has 0 spiro atoms. The zero-order valence-electron chi connectivity index (χ0n) is 12.9. The van der Waals surface area contributed by atoms with Crippen LogP contribution < -0.4 is 0 Å². The van der Waals surface area contributed by atoms with E-state index in [-0.39, 0.29) is 18.8 Å². The molecule has 0 radical (unpaired) electrons. The number of rotatable bonds is 4. The third kappa shape index (κ3) is 3.02. The Kier molecular flexibility index (Phi) is 4.23. The molecule has 1 fully saturated rings. The quantitative estimate of drug-likeness (QED) is 0.677. The molecule has 5 nitrogen and oxygen atoms in total. The molecule has 1 aromatic carbocycles. The number of nitrogens with zero attached hydrogens (tertiary/aromatic N) is 2. The highest BCUT2D eigenvalue weighted by Crippen LogP contribution is 2.32. The summed E-state index contributed by atoms with van der Waals surface area (Å²) in [6.45, 7) is 0.249. The third-order valence-corrected chi connectivity index (χ3v) is 5.03. The van der Waals surface area contributed by atoms with Crippen LogP contribution >= 0.6 is 11.3 Å². The Morgan fingerprint density at radius 3 is 2.96 bits per heavy atom. The van der Waals surface area contributed by atoms with Crippen molar-refractivity contribution in [3.05, 3.63) is 59.4 Å². The normalized spacial score (nSPS) is 20.3. The molecule has 2 atom stereocenters. The smallest absolute Gasteiger partial charge is 0.358 e. The van der Waals surface area contributed by atoms with Gasteiger partial charge in [0.15, 0.2) is 5.69 Å². The topological polar surface area (TPSA) is 61.3 Å². The maximum Gasteiger partial charge on any atom is 0.358 e. The van der Waals surface area contributed by atoms with E-state index in [1.165, 1.54) is 23.2 Å². The standard InChI is InChI=1S/C18H16N2O3S/c21-18(16-17-14(8-9-24-17)19-11-20-16)22-10-13-6-7-15(23-13)12-4-2-1-3-5-12/h1-5,8-9,11,13,15H,6-7,10H2. The largest absolute Gasteiger partial charge is 0.458 e. The number of hydrogen-bond donors (Lipinski definition) is 0. The van der Waals surface area contributed by atoms with Crippen molar-refractivity contribution in [2.24, 2.45) is 0 Å². The van der Waals surface area contributed by atoms with E-state index in [1.54, 1.807) is 0 Å². The van der Waals surface area contributed by atoms with Gasteiger partial charge in [-0.05, 0) is 29.9 Å². The number of hydrogen-bond acceptors (Lipinski definition) is 6. The molecule has 1 saturated heterocycles. The number of thiophene rings is 1. The van der Waals surface area contributed by atoms with Crippen LogP contribution in [0.4, 0.5) is 0 Å². The van der Waals surface area contributed by atoms with E-state index in [9.17, 15) is 4.79 Å². The number of benzene rings is 1. The van der Waals surface area contributed by atoms with Gasteiger partial charge in [0.2, 0.25) is 0 Å². The summed E-state index contributed by atoms with van der Waals surface area (Å²) in [6, 6.07) is 12.0. The molecule has 6 heteroatoms. The zero-order chi connectivity index (χ0) is 16.4. The van der Waals surface area contributed by atoms with Crippen LogP contribution in [0.15, 0.2) is 48.1 Å². The number of esters is 1. The van der Waals surface area contributed by atoms with Gasteiger partial charge < -0.3 is 9.47 Å². The monoisotopic (exact) mass is 340 g/mol. The van der Waals surface area contributed by atoms with Gasteiger partial charge in [-0.15, -0.1) is 11.3 Å². The number of carbonyl (C=O) groups excluding carboxylic acids is 1. The van der Waals surface area contributed by atoms with Gasteiger partial charge in [0.25, 0.3) is 0 Å². The molecule has 0 saturated carbocycles. The van der Waals surface area contributed by atoms with Crippen molar-refractivity contribution in [2.45, 2.75) is 25.0 Å². The number of fused-ring (bicyclic) bond motifs is 1. The fraction of sp³-hybridized carbons (Fsp3) is 0.278. The summed E-state index contributed by atoms with van der Waals surface area (Å²) in [4.78, 5) is 20.5. The summed E-state index contributed by atoms with van der Waals surface area (Å²) in [6.07, 6.45) is 3.22. The third-order valence-electron chi connectivity index (χ3n) is 4.12. The second-order valence-corrected chi connectivity index (χ2v) is 6.61. The number of carbonyl (C=O) groups is 1. The summed E-state index contributed by atoms with van der Waals surface area (Å²) in [5.41, 5.74) is 2.26. The van der Waals surface area contributed by atoms with E-state index < -0.39 is 5.97 Å². The van der Waals surface area contributed by atoms with Gasteiger partial charge in [-0.2, -0.15) is 0 Å². The Bertz CT molecular complexity index is 850. The average molecular weight is 340 g/mol. The average Bonchev–Trinajstić information content (AvgIpc) is 3.29. The van der Waals surface area contributed by atoms with Crippen LogP contribution in [0.25, 0.3) is 10.2 Å². The minimum atomic E-state index is -0.420. The fourth-order valence-electron chi connectivity index (χ4n) is 2.91.